The van der Waals surface area contributed by atoms with Crippen LogP contribution in [-0.2, 0) is 62.3 Å². The van der Waals surface area contributed by atoms with Gasteiger partial charge in [0.1, 0.15) is 60.1 Å². The highest BCUT2D eigenvalue weighted by atomic mass is 16.5. The number of para-hydroxylation sites is 2. The van der Waals surface area contributed by atoms with Crippen molar-refractivity contribution < 1.29 is 92.9 Å². The highest BCUT2D eigenvalue weighted by Gasteiger charge is 2.48. The molecule has 0 aliphatic carbocycles. The Hall–Kier alpha value is -9.34. The maximum atomic E-state index is 15.4. The lowest BCUT2D eigenvalue weighted by Gasteiger charge is -2.33. The van der Waals surface area contributed by atoms with E-state index >= 15 is 9.59 Å². The highest BCUT2D eigenvalue weighted by molar-refractivity contribution is 6.07. The number of fused-ring (bicyclic) bond motifs is 4. The number of carboxylic acid groups (broad SMARTS) is 1. The Balaban J connectivity index is 1.33. The van der Waals surface area contributed by atoms with E-state index in [0.29, 0.717) is 32.9 Å². The molecule has 3 fully saturated rings. The molecule has 2 aromatic heterocycles. The zero-order chi connectivity index (χ0) is 66.9. The second kappa shape index (κ2) is 30.0. The minimum atomic E-state index is -2.18. The number of nitrogens with zero attached hydrogens (tertiary/aromatic N) is 2. The number of carboxylic acids is 1. The number of ether oxygens (including phenoxy) is 1. The number of aliphatic carboxylic acids is 1. The quantitative estimate of drug-likeness (QED) is 0.0440. The summed E-state index contributed by atoms with van der Waals surface area (Å²) in [6, 6.07) is -2.95. The molecule has 1 unspecified atom stereocenters. The number of carbonyl (C=O) groups is 12. The highest BCUT2D eigenvalue weighted by Crippen LogP contribution is 2.30. The molecule has 3 saturated heterocycles. The van der Waals surface area contributed by atoms with E-state index in [4.69, 9.17) is 10.5 Å². The Kier molecular flexibility index (Phi) is 22.8. The topological polar surface area (TPSA) is 496 Å². The third kappa shape index (κ3) is 16.2. The summed E-state index contributed by atoms with van der Waals surface area (Å²) < 4.78 is 5.75. The number of benzene rings is 2. The third-order valence-electron chi connectivity index (χ3n) is 16.2. The molecule has 0 bridgehead atoms. The van der Waals surface area contributed by atoms with Crippen molar-refractivity contribution in [3.05, 3.63) is 77.7 Å². The monoisotopic (exact) mass is 1270 g/mol. The van der Waals surface area contributed by atoms with E-state index in [1.54, 1.807) is 61.7 Å². The van der Waals surface area contributed by atoms with Gasteiger partial charge in [-0.1, -0.05) is 57.2 Å². The van der Waals surface area contributed by atoms with Gasteiger partial charge in [0.2, 0.25) is 53.2 Å². The van der Waals surface area contributed by atoms with Crippen LogP contribution >= 0.6 is 0 Å². The SMILES string of the molecule is CC(c1c[nH]c2ccccc12)[C@H]1NC(=O)[C@H]([C@@H](O)C(C)C)NC(=O)[C@@H]2[C@@H](O)CCN2C(=O)CNC(=O)[C@H](C)NC(=O)[C@H]([C@H](C)O)NC(=O)[C@@H](NC(=O)[C@H](CO)NC(=O)C[C@H](N)C(=O)O)[C@H](C)OC(=O)[C@H]2[C@@H](O)CCN2C(=O)/C(=C\c2c[nH]c3ccccc23)NC1=O. The summed E-state index contributed by atoms with van der Waals surface area (Å²) >= 11 is 0. The Morgan fingerprint density at radius 1 is 0.725 bits per heavy atom. The summed E-state index contributed by atoms with van der Waals surface area (Å²) in [6.07, 6.45) is -5.71. The van der Waals surface area contributed by atoms with E-state index < -0.39 is 200 Å². The van der Waals surface area contributed by atoms with Crippen LogP contribution in [0.1, 0.15) is 77.8 Å². The molecular formula is C59H77N13O19. The van der Waals surface area contributed by atoms with E-state index in [1.165, 1.54) is 26.1 Å². The number of rotatable bonds is 13. The molecule has 18 N–H and O–H groups in total. The lowest BCUT2D eigenvalue weighted by Crippen LogP contribution is -2.63. The molecule has 91 heavy (non-hydrogen) atoms. The first-order valence-corrected chi connectivity index (χ1v) is 29.4. The number of H-pyrrole nitrogens is 2. The molecule has 2 aromatic carbocycles. The van der Waals surface area contributed by atoms with Crippen molar-refractivity contribution in [3.63, 3.8) is 0 Å². The number of aliphatic hydroxyl groups excluding tert-OH is 5. The van der Waals surface area contributed by atoms with Crippen molar-refractivity contribution in [2.75, 3.05) is 26.2 Å². The van der Waals surface area contributed by atoms with Crippen LogP contribution < -0.4 is 48.3 Å². The van der Waals surface area contributed by atoms with Gasteiger partial charge in [0, 0.05) is 58.8 Å². The van der Waals surface area contributed by atoms with E-state index in [2.05, 4.69) is 52.5 Å². The van der Waals surface area contributed by atoms with Gasteiger partial charge in [-0.05, 0) is 63.3 Å². The van der Waals surface area contributed by atoms with Gasteiger partial charge in [-0.15, -0.1) is 0 Å². The predicted octanol–water partition coefficient (Wildman–Crippen LogP) is -4.98. The van der Waals surface area contributed by atoms with Crippen LogP contribution in [-0.4, -0.2) is 233 Å². The standard InChI is InChI=1S/C59H77N13O19/c1-25(2)49(79)46-55(85)67-43(26(3)33-22-62-36-14-10-8-12-32(33)36)52(82)66-37(19-30-21-61-35-13-9-7-11-31(30)35)57(87)72-18-16-40(76)48(72)59(90)91-29(6)45(69-51(81)38(24-73)65-41(77)20-34(60)58(88)89)54(84)68-44(28(5)74)53(83)64-27(4)50(80)63-23-42(78)71-17-15-39(75)47(71)56(86)70-46/h7-14,19,21-22,25-29,34,38-40,43-49,61-62,73-76,79H,15-18,20,23-24,60H2,1-6H3,(H,63,80)(H,64,83)(H,65,77)(H,66,82)(H,67,85)(H,68,84)(H,69,81)(H,70,86)(H,88,89)/b37-19+/t26?,27-,28-,29-,34-,38-,39-,40-,43+,44-,45-,46-,47-,48+,49-/m0/s1. The molecule has 7 rings (SSSR count). The third-order valence-corrected chi connectivity index (χ3v) is 16.2. The number of nitrogens with two attached hydrogens (primary N) is 1. The molecule has 10 amide bonds. The Morgan fingerprint density at radius 2 is 1.31 bits per heavy atom. The van der Waals surface area contributed by atoms with Gasteiger partial charge in [-0.25, -0.2) is 4.79 Å². The average molecular weight is 1270 g/mol. The molecule has 32 nitrogen and oxygen atoms in total. The van der Waals surface area contributed by atoms with Gasteiger partial charge in [0.25, 0.3) is 5.91 Å². The van der Waals surface area contributed by atoms with Gasteiger partial charge in [-0.3, -0.25) is 52.7 Å². The first kappa shape index (κ1) is 69.1. The molecule has 5 heterocycles. The smallest absolute Gasteiger partial charge is 0.331 e. The molecule has 3 aliphatic rings. The Morgan fingerprint density at radius 3 is 1.95 bits per heavy atom. The molecule has 3 aliphatic heterocycles. The van der Waals surface area contributed by atoms with Gasteiger partial charge < -0.3 is 103 Å². The fourth-order valence-electron chi connectivity index (χ4n) is 10.9. The zero-order valence-electron chi connectivity index (χ0n) is 50.5. The van der Waals surface area contributed by atoms with Gasteiger partial charge in [0.15, 0.2) is 6.04 Å². The van der Waals surface area contributed by atoms with Crippen LogP contribution in [0.25, 0.3) is 27.9 Å². The fraction of sp³-hybridized carbons (Fsp3) is 0.492. The first-order chi connectivity index (χ1) is 43.0. The minimum absolute atomic E-state index is 0.166. The van der Waals surface area contributed by atoms with Crippen LogP contribution in [0.4, 0.5) is 0 Å². The van der Waals surface area contributed by atoms with Crippen LogP contribution in [0.3, 0.4) is 0 Å². The van der Waals surface area contributed by atoms with Crippen LogP contribution in [0, 0.1) is 5.92 Å². The molecule has 0 saturated carbocycles. The number of carbonyl (C=O) groups excluding carboxylic acids is 11. The van der Waals surface area contributed by atoms with Gasteiger partial charge in [-0.2, -0.15) is 0 Å². The normalized spacial score (nSPS) is 27.0. The number of aliphatic hydroxyl groups is 5. The molecule has 0 radical (unpaired) electrons. The molecule has 492 valence electrons. The summed E-state index contributed by atoms with van der Waals surface area (Å²) in [6.45, 7) is 5.20. The van der Waals surface area contributed by atoms with Crippen molar-refractivity contribution in [1.29, 1.82) is 0 Å². The summed E-state index contributed by atoms with van der Waals surface area (Å²) in [5, 5.41) is 84.8. The number of cyclic esters (lactones) is 1. The molecule has 32 heteroatoms. The van der Waals surface area contributed by atoms with Crippen molar-refractivity contribution in [3.8, 4) is 0 Å². The van der Waals surface area contributed by atoms with Gasteiger partial charge >= 0.3 is 11.9 Å². The fourth-order valence-corrected chi connectivity index (χ4v) is 10.9. The second-order valence-electron chi connectivity index (χ2n) is 23.1. The zero-order valence-corrected chi connectivity index (χ0v) is 50.5. The predicted molar refractivity (Wildman–Crippen MR) is 319 cm³/mol. The second-order valence-corrected chi connectivity index (χ2v) is 23.1. The van der Waals surface area contributed by atoms with Crippen molar-refractivity contribution in [2.24, 2.45) is 11.7 Å². The Bertz CT molecular complexity index is 3460. The number of hydrogen-bond acceptors (Lipinski definition) is 19. The van der Waals surface area contributed by atoms with E-state index in [0.717, 1.165) is 30.6 Å². The molecular weight excluding hydrogens is 1190 g/mol. The summed E-state index contributed by atoms with van der Waals surface area (Å²) in [5.74, 6) is -16.4. The number of aromatic amines is 2. The number of aromatic nitrogens is 2. The summed E-state index contributed by atoms with van der Waals surface area (Å²) in [5.41, 5.74) is 6.90. The number of nitrogens with one attached hydrogen (secondary N) is 10. The molecule has 0 spiro atoms. The van der Waals surface area contributed by atoms with E-state index in [-0.39, 0.29) is 19.4 Å². The summed E-state index contributed by atoms with van der Waals surface area (Å²) in [7, 11) is 0. The maximum absolute atomic E-state index is 15.4. The van der Waals surface area contributed by atoms with Crippen molar-refractivity contribution >= 4 is 98.9 Å². The van der Waals surface area contributed by atoms with Crippen LogP contribution in [0.15, 0.2) is 66.6 Å². The van der Waals surface area contributed by atoms with Gasteiger partial charge in [0.05, 0.1) is 44.0 Å². The van der Waals surface area contributed by atoms with Crippen molar-refractivity contribution in [2.45, 2.75) is 152 Å². The lowest BCUT2D eigenvalue weighted by atomic mass is 9.91. The summed E-state index contributed by atoms with van der Waals surface area (Å²) in [4.78, 5) is 176. The van der Waals surface area contributed by atoms with E-state index in [1.807, 2.05) is 0 Å². The minimum Gasteiger partial charge on any atom is -0.480 e. The molecule has 4 aromatic rings. The Labute approximate surface area is 519 Å². The van der Waals surface area contributed by atoms with Crippen molar-refractivity contribution in [1.82, 2.24) is 62.3 Å². The largest absolute Gasteiger partial charge is 0.480 e. The molecule has 15 atom stereocenters. The number of esters is 1. The average Bonchev–Trinajstić information content (AvgIpc) is 1.86. The maximum Gasteiger partial charge on any atom is 0.331 e. The first-order valence-electron chi connectivity index (χ1n) is 29.4. The van der Waals surface area contributed by atoms with Crippen LogP contribution in [0.2, 0.25) is 0 Å². The number of hydrogen-bond donors (Lipinski definition) is 17. The van der Waals surface area contributed by atoms with E-state index in [9.17, 15) is 78.6 Å². The number of amides is 10. The van der Waals surface area contributed by atoms with Crippen LogP contribution in [0.5, 0.6) is 0 Å². The lowest BCUT2D eigenvalue weighted by molar-refractivity contribution is -0.162.